The number of urea groups is 1. The van der Waals surface area contributed by atoms with E-state index in [1.807, 2.05) is 37.2 Å². The van der Waals surface area contributed by atoms with Gasteiger partial charge in [-0.15, -0.1) is 0 Å². The van der Waals surface area contributed by atoms with Crippen LogP contribution in [0.3, 0.4) is 0 Å². The number of carbonyl (C=O) groups excluding carboxylic acids is 1. The van der Waals surface area contributed by atoms with Gasteiger partial charge in [0.15, 0.2) is 0 Å². The molecular formula is C20H26N4O2. The van der Waals surface area contributed by atoms with Crippen LogP contribution in [0.2, 0.25) is 0 Å². The number of phenolic OH excluding ortho intramolecular Hbond substituents is 1. The molecule has 1 aromatic heterocycles. The van der Waals surface area contributed by atoms with Gasteiger partial charge in [-0.1, -0.05) is 12.1 Å². The highest BCUT2D eigenvalue weighted by Crippen LogP contribution is 2.30. The molecule has 0 atom stereocenters. The number of hydrogen-bond acceptors (Lipinski definition) is 4. The van der Waals surface area contributed by atoms with E-state index in [2.05, 4.69) is 21.3 Å². The normalized spacial score (nSPS) is 14.6. The topological polar surface area (TPSA) is 68.7 Å². The van der Waals surface area contributed by atoms with Crippen LogP contribution in [0.4, 0.5) is 4.79 Å². The van der Waals surface area contributed by atoms with Crippen LogP contribution in [-0.2, 0) is 0 Å². The lowest BCUT2D eigenvalue weighted by atomic mass is 9.97. The number of phenols is 1. The summed E-state index contributed by atoms with van der Waals surface area (Å²) in [5.41, 5.74) is 2.77. The van der Waals surface area contributed by atoms with Crippen LogP contribution in [0.5, 0.6) is 5.75 Å². The maximum atomic E-state index is 12.2. The molecule has 2 amide bonds. The van der Waals surface area contributed by atoms with Crippen molar-refractivity contribution in [3.8, 4) is 5.75 Å². The summed E-state index contributed by atoms with van der Waals surface area (Å²) in [6.45, 7) is 2.91. The Hall–Kier alpha value is -2.60. The van der Waals surface area contributed by atoms with E-state index in [0.717, 1.165) is 35.9 Å². The summed E-state index contributed by atoms with van der Waals surface area (Å²) in [5.74, 6) is 0.195. The quantitative estimate of drug-likeness (QED) is 0.810. The average molecular weight is 354 g/mol. The van der Waals surface area contributed by atoms with E-state index in [0.29, 0.717) is 25.2 Å². The van der Waals surface area contributed by atoms with Gasteiger partial charge in [0, 0.05) is 31.2 Å². The highest BCUT2D eigenvalue weighted by molar-refractivity contribution is 5.88. The molecule has 1 aliphatic heterocycles. The Kier molecular flexibility index (Phi) is 5.73. The first-order valence-corrected chi connectivity index (χ1v) is 8.99. The third kappa shape index (κ3) is 4.32. The van der Waals surface area contributed by atoms with Crippen molar-refractivity contribution in [3.05, 3.63) is 42.1 Å². The molecule has 0 saturated carbocycles. The minimum Gasteiger partial charge on any atom is -0.506 e. The van der Waals surface area contributed by atoms with Crippen LogP contribution in [0.1, 0.15) is 18.4 Å². The summed E-state index contributed by atoms with van der Waals surface area (Å²) in [6, 6.07) is 7.61. The zero-order valence-corrected chi connectivity index (χ0v) is 15.4. The Morgan fingerprint density at radius 3 is 2.96 bits per heavy atom. The fourth-order valence-corrected chi connectivity index (χ4v) is 3.18. The molecule has 2 heterocycles. The molecule has 0 aliphatic carbocycles. The Morgan fingerprint density at radius 2 is 2.23 bits per heavy atom. The standard InChI is InChI=1S/C20H26N4O2/c1-23(2)10-4-9-22-20(26)24-11-6-15(7-12-24)17-13-16-5-3-8-21-19(16)18(25)14-17/h3,5-6,8,13-14,25H,4,7,9-12H2,1-2H3,(H,22,26). The molecule has 0 bridgehead atoms. The molecule has 1 aromatic carbocycles. The summed E-state index contributed by atoms with van der Waals surface area (Å²) in [6.07, 6.45) is 5.46. The van der Waals surface area contributed by atoms with Gasteiger partial charge in [0.1, 0.15) is 11.3 Å². The lowest BCUT2D eigenvalue weighted by molar-refractivity contribution is 0.202. The van der Waals surface area contributed by atoms with Gasteiger partial charge in [-0.3, -0.25) is 4.98 Å². The molecule has 26 heavy (non-hydrogen) atoms. The highest BCUT2D eigenvalue weighted by atomic mass is 16.3. The van der Waals surface area contributed by atoms with E-state index in [9.17, 15) is 9.90 Å². The predicted molar refractivity (Wildman–Crippen MR) is 104 cm³/mol. The third-order valence-electron chi connectivity index (χ3n) is 4.61. The van der Waals surface area contributed by atoms with Crippen molar-refractivity contribution in [1.29, 1.82) is 0 Å². The van der Waals surface area contributed by atoms with Crippen LogP contribution < -0.4 is 5.32 Å². The first kappa shape index (κ1) is 18.2. The van der Waals surface area contributed by atoms with Gasteiger partial charge >= 0.3 is 6.03 Å². The molecule has 0 unspecified atom stereocenters. The van der Waals surface area contributed by atoms with E-state index < -0.39 is 0 Å². The number of hydrogen-bond donors (Lipinski definition) is 2. The van der Waals surface area contributed by atoms with E-state index in [1.54, 1.807) is 12.3 Å². The first-order valence-electron chi connectivity index (χ1n) is 8.99. The zero-order chi connectivity index (χ0) is 18.5. The monoisotopic (exact) mass is 354 g/mol. The number of aromatic nitrogens is 1. The number of benzene rings is 1. The van der Waals surface area contributed by atoms with Crippen molar-refractivity contribution < 1.29 is 9.90 Å². The van der Waals surface area contributed by atoms with Gasteiger partial charge in [-0.2, -0.15) is 0 Å². The molecule has 138 valence electrons. The van der Waals surface area contributed by atoms with Crippen molar-refractivity contribution in [1.82, 2.24) is 20.1 Å². The number of aromatic hydroxyl groups is 1. The number of nitrogens with one attached hydrogen (secondary N) is 1. The minimum atomic E-state index is -0.00962. The largest absolute Gasteiger partial charge is 0.506 e. The zero-order valence-electron chi connectivity index (χ0n) is 15.4. The molecule has 0 fully saturated rings. The fourth-order valence-electron chi connectivity index (χ4n) is 3.18. The second-order valence-corrected chi connectivity index (χ2v) is 6.88. The van der Waals surface area contributed by atoms with Crippen LogP contribution in [-0.4, -0.2) is 66.2 Å². The molecule has 2 N–H and O–H groups in total. The van der Waals surface area contributed by atoms with Gasteiger partial charge in [0.2, 0.25) is 0 Å². The average Bonchev–Trinajstić information content (AvgIpc) is 2.65. The van der Waals surface area contributed by atoms with Crippen LogP contribution in [0.25, 0.3) is 16.5 Å². The first-order chi connectivity index (χ1) is 12.5. The number of rotatable bonds is 5. The molecular weight excluding hydrogens is 328 g/mol. The summed E-state index contributed by atoms with van der Waals surface area (Å²) < 4.78 is 0. The number of amides is 2. The van der Waals surface area contributed by atoms with E-state index in [1.165, 1.54) is 0 Å². The number of carbonyl (C=O) groups is 1. The molecule has 6 heteroatoms. The van der Waals surface area contributed by atoms with Crippen molar-refractivity contribution in [2.75, 3.05) is 40.3 Å². The molecule has 0 radical (unpaired) electrons. The molecule has 0 spiro atoms. The predicted octanol–water partition coefficient (Wildman–Crippen LogP) is 2.69. The van der Waals surface area contributed by atoms with Gasteiger partial charge in [0.05, 0.1) is 0 Å². The molecule has 0 saturated heterocycles. The molecule has 6 nitrogen and oxygen atoms in total. The van der Waals surface area contributed by atoms with Gasteiger partial charge in [-0.25, -0.2) is 4.79 Å². The SMILES string of the molecule is CN(C)CCCNC(=O)N1CC=C(c2cc(O)c3ncccc3c2)CC1. The van der Waals surface area contributed by atoms with E-state index in [4.69, 9.17) is 0 Å². The van der Waals surface area contributed by atoms with Crippen molar-refractivity contribution >= 4 is 22.5 Å². The maximum Gasteiger partial charge on any atom is 0.317 e. The highest BCUT2D eigenvalue weighted by Gasteiger charge is 2.18. The van der Waals surface area contributed by atoms with E-state index >= 15 is 0 Å². The number of fused-ring (bicyclic) bond motifs is 1. The third-order valence-corrected chi connectivity index (χ3v) is 4.61. The lowest BCUT2D eigenvalue weighted by Crippen LogP contribution is -2.42. The molecule has 2 aromatic rings. The van der Waals surface area contributed by atoms with Crippen molar-refractivity contribution in [2.24, 2.45) is 0 Å². The molecule has 3 rings (SSSR count). The van der Waals surface area contributed by atoms with Crippen molar-refractivity contribution in [2.45, 2.75) is 12.8 Å². The molecule has 1 aliphatic rings. The van der Waals surface area contributed by atoms with Gasteiger partial charge < -0.3 is 20.2 Å². The Balaban J connectivity index is 1.62. The van der Waals surface area contributed by atoms with Crippen LogP contribution >= 0.6 is 0 Å². The second-order valence-electron chi connectivity index (χ2n) is 6.88. The van der Waals surface area contributed by atoms with Gasteiger partial charge in [-0.05, 0) is 62.8 Å². The smallest absolute Gasteiger partial charge is 0.317 e. The summed E-state index contributed by atoms with van der Waals surface area (Å²) in [7, 11) is 4.05. The summed E-state index contributed by atoms with van der Waals surface area (Å²) in [4.78, 5) is 20.4. The van der Waals surface area contributed by atoms with Crippen LogP contribution in [0.15, 0.2) is 36.5 Å². The Morgan fingerprint density at radius 1 is 1.38 bits per heavy atom. The summed E-state index contributed by atoms with van der Waals surface area (Å²) in [5, 5.41) is 14.1. The van der Waals surface area contributed by atoms with Gasteiger partial charge in [0.25, 0.3) is 0 Å². The number of nitrogens with zero attached hydrogens (tertiary/aromatic N) is 3. The van der Waals surface area contributed by atoms with Crippen LogP contribution in [0, 0.1) is 0 Å². The summed E-state index contributed by atoms with van der Waals surface area (Å²) >= 11 is 0. The lowest BCUT2D eigenvalue weighted by Gasteiger charge is -2.27. The second kappa shape index (κ2) is 8.19. The van der Waals surface area contributed by atoms with E-state index in [-0.39, 0.29) is 11.8 Å². The van der Waals surface area contributed by atoms with Crippen molar-refractivity contribution in [3.63, 3.8) is 0 Å². The Bertz CT molecular complexity index is 817. The maximum absolute atomic E-state index is 12.2. The minimum absolute atomic E-state index is 0.00962. The number of pyridine rings is 1. The Labute approximate surface area is 154 Å². The fraction of sp³-hybridized carbons (Fsp3) is 0.400.